The van der Waals surface area contributed by atoms with Crippen LogP contribution in [-0.4, -0.2) is 12.1 Å². The van der Waals surface area contributed by atoms with Gasteiger partial charge >= 0.3 is 0 Å². The van der Waals surface area contributed by atoms with Gasteiger partial charge in [0.25, 0.3) is 0 Å². The summed E-state index contributed by atoms with van der Waals surface area (Å²) in [5.74, 6) is 0. The van der Waals surface area contributed by atoms with Crippen LogP contribution in [0.2, 0.25) is 0 Å². The molecule has 2 nitrogen and oxygen atoms in total. The van der Waals surface area contributed by atoms with E-state index in [1.54, 1.807) is 11.3 Å². The summed E-state index contributed by atoms with van der Waals surface area (Å²) in [4.78, 5) is 1.37. The predicted molar refractivity (Wildman–Crippen MR) is 76.8 cm³/mol. The van der Waals surface area contributed by atoms with Crippen LogP contribution in [0.4, 0.5) is 0 Å². The summed E-state index contributed by atoms with van der Waals surface area (Å²) in [5, 5.41) is 5.80. The molecule has 0 radical (unpaired) electrons. The number of thiophene rings is 1. The van der Waals surface area contributed by atoms with Gasteiger partial charge in [-0.2, -0.15) is 0 Å². The van der Waals surface area contributed by atoms with Crippen LogP contribution in [0.3, 0.4) is 0 Å². The number of fused-ring (bicyclic) bond motifs is 1. The Labute approximate surface area is 112 Å². The van der Waals surface area contributed by atoms with E-state index in [4.69, 9.17) is 5.73 Å². The summed E-state index contributed by atoms with van der Waals surface area (Å²) >= 11 is 1.80. The largest absolute Gasteiger partial charge is 0.329 e. The van der Waals surface area contributed by atoms with Crippen molar-refractivity contribution in [2.24, 2.45) is 5.73 Å². The fourth-order valence-corrected chi connectivity index (χ4v) is 3.37. The number of nitrogens with two attached hydrogens (primary N) is 1. The van der Waals surface area contributed by atoms with E-state index in [-0.39, 0.29) is 5.54 Å². The molecular formula is C15H18N2S. The van der Waals surface area contributed by atoms with Gasteiger partial charge in [0.15, 0.2) is 0 Å². The van der Waals surface area contributed by atoms with Crippen molar-refractivity contribution in [1.82, 2.24) is 5.32 Å². The molecule has 0 amide bonds. The van der Waals surface area contributed by atoms with Crippen LogP contribution in [-0.2, 0) is 19.4 Å². The van der Waals surface area contributed by atoms with Gasteiger partial charge in [0.2, 0.25) is 0 Å². The topological polar surface area (TPSA) is 38.0 Å². The Hall–Kier alpha value is -1.16. The number of hydrogen-bond acceptors (Lipinski definition) is 3. The molecule has 0 saturated heterocycles. The SMILES string of the molecule is NCC1(NCc2cccs2)Cc2ccccc2C1. The summed E-state index contributed by atoms with van der Waals surface area (Å²) in [5.41, 5.74) is 8.97. The quantitative estimate of drug-likeness (QED) is 0.883. The maximum atomic E-state index is 6.03. The van der Waals surface area contributed by atoms with Crippen molar-refractivity contribution in [2.75, 3.05) is 6.54 Å². The maximum Gasteiger partial charge on any atom is 0.0388 e. The molecule has 0 aliphatic heterocycles. The van der Waals surface area contributed by atoms with Crippen LogP contribution >= 0.6 is 11.3 Å². The lowest BCUT2D eigenvalue weighted by atomic mass is 9.96. The van der Waals surface area contributed by atoms with Crippen LogP contribution in [0.25, 0.3) is 0 Å². The second-order valence-corrected chi connectivity index (χ2v) is 6.07. The van der Waals surface area contributed by atoms with Crippen molar-refractivity contribution in [2.45, 2.75) is 24.9 Å². The highest BCUT2D eigenvalue weighted by molar-refractivity contribution is 7.09. The van der Waals surface area contributed by atoms with Crippen LogP contribution in [0, 0.1) is 0 Å². The molecule has 0 atom stereocenters. The van der Waals surface area contributed by atoms with Gasteiger partial charge in [-0.05, 0) is 35.4 Å². The van der Waals surface area contributed by atoms with E-state index in [1.807, 2.05) is 0 Å². The average molecular weight is 258 g/mol. The molecule has 1 aliphatic rings. The fourth-order valence-electron chi connectivity index (χ4n) is 2.72. The zero-order valence-electron chi connectivity index (χ0n) is 10.4. The Morgan fingerprint density at radius 1 is 1.11 bits per heavy atom. The van der Waals surface area contributed by atoms with E-state index in [0.717, 1.165) is 19.4 Å². The summed E-state index contributed by atoms with van der Waals surface area (Å²) in [7, 11) is 0. The first-order valence-corrected chi connectivity index (χ1v) is 7.24. The maximum absolute atomic E-state index is 6.03. The Morgan fingerprint density at radius 2 is 1.83 bits per heavy atom. The standard InChI is InChI=1S/C15H18N2S/c16-11-15(17-10-14-6-3-7-18-14)8-12-4-1-2-5-13(12)9-15/h1-7,17H,8-11,16H2. The molecule has 3 N–H and O–H groups in total. The highest BCUT2D eigenvalue weighted by Crippen LogP contribution is 2.29. The molecule has 0 saturated carbocycles. The molecule has 94 valence electrons. The van der Waals surface area contributed by atoms with Crippen molar-refractivity contribution in [3.05, 3.63) is 57.8 Å². The molecule has 1 aromatic heterocycles. The zero-order valence-corrected chi connectivity index (χ0v) is 11.2. The summed E-state index contributed by atoms with van der Waals surface area (Å²) in [6, 6.07) is 12.9. The van der Waals surface area contributed by atoms with Gasteiger partial charge in [-0.3, -0.25) is 0 Å². The van der Waals surface area contributed by atoms with Gasteiger partial charge in [-0.15, -0.1) is 11.3 Å². The van der Waals surface area contributed by atoms with Crippen LogP contribution in [0.1, 0.15) is 16.0 Å². The van der Waals surface area contributed by atoms with Crippen LogP contribution in [0.15, 0.2) is 41.8 Å². The number of benzene rings is 1. The third kappa shape index (κ3) is 2.21. The molecule has 18 heavy (non-hydrogen) atoms. The minimum atomic E-state index is 0.0493. The molecule has 3 rings (SSSR count). The van der Waals surface area contributed by atoms with Gasteiger partial charge in [0, 0.05) is 23.5 Å². The van der Waals surface area contributed by atoms with E-state index >= 15 is 0 Å². The fraction of sp³-hybridized carbons (Fsp3) is 0.333. The summed E-state index contributed by atoms with van der Waals surface area (Å²) in [6.45, 7) is 1.61. The highest BCUT2D eigenvalue weighted by atomic mass is 32.1. The second-order valence-electron chi connectivity index (χ2n) is 5.04. The van der Waals surface area contributed by atoms with Gasteiger partial charge in [-0.1, -0.05) is 30.3 Å². The minimum absolute atomic E-state index is 0.0493. The molecule has 1 aromatic carbocycles. The predicted octanol–water partition coefficient (Wildman–Crippen LogP) is 2.33. The van der Waals surface area contributed by atoms with E-state index in [0.29, 0.717) is 6.54 Å². The van der Waals surface area contributed by atoms with E-state index < -0.39 is 0 Å². The lowest BCUT2D eigenvalue weighted by Gasteiger charge is -2.28. The molecule has 0 unspecified atom stereocenters. The minimum Gasteiger partial charge on any atom is -0.329 e. The van der Waals surface area contributed by atoms with E-state index in [9.17, 15) is 0 Å². The van der Waals surface area contributed by atoms with Crippen LogP contribution < -0.4 is 11.1 Å². The number of rotatable bonds is 4. The van der Waals surface area contributed by atoms with Crippen molar-refractivity contribution in [3.8, 4) is 0 Å². The molecule has 0 fully saturated rings. The normalized spacial score (nSPS) is 16.7. The molecule has 1 heterocycles. The first-order chi connectivity index (χ1) is 8.81. The first kappa shape index (κ1) is 11.9. The van der Waals surface area contributed by atoms with E-state index in [2.05, 4.69) is 47.1 Å². The second kappa shape index (κ2) is 4.84. The summed E-state index contributed by atoms with van der Waals surface area (Å²) in [6.07, 6.45) is 2.09. The molecule has 0 bridgehead atoms. The highest BCUT2D eigenvalue weighted by Gasteiger charge is 2.35. The van der Waals surface area contributed by atoms with E-state index in [1.165, 1.54) is 16.0 Å². The van der Waals surface area contributed by atoms with Crippen molar-refractivity contribution >= 4 is 11.3 Å². The van der Waals surface area contributed by atoms with Gasteiger partial charge in [0.1, 0.15) is 0 Å². The third-order valence-corrected chi connectivity index (χ3v) is 4.66. The lowest BCUT2D eigenvalue weighted by molar-refractivity contribution is 0.347. The Morgan fingerprint density at radius 3 is 2.39 bits per heavy atom. The number of nitrogens with one attached hydrogen (secondary N) is 1. The molecule has 1 aliphatic carbocycles. The first-order valence-electron chi connectivity index (χ1n) is 6.36. The van der Waals surface area contributed by atoms with Crippen molar-refractivity contribution in [3.63, 3.8) is 0 Å². The van der Waals surface area contributed by atoms with Gasteiger partial charge in [-0.25, -0.2) is 0 Å². The lowest BCUT2D eigenvalue weighted by Crippen LogP contribution is -2.51. The van der Waals surface area contributed by atoms with Gasteiger partial charge < -0.3 is 11.1 Å². The molecule has 2 aromatic rings. The third-order valence-electron chi connectivity index (χ3n) is 3.78. The van der Waals surface area contributed by atoms with Crippen molar-refractivity contribution < 1.29 is 0 Å². The summed E-state index contributed by atoms with van der Waals surface area (Å²) < 4.78 is 0. The monoisotopic (exact) mass is 258 g/mol. The average Bonchev–Trinajstić information content (AvgIpc) is 3.03. The Kier molecular flexibility index (Phi) is 3.20. The Bertz CT molecular complexity index is 494. The smallest absolute Gasteiger partial charge is 0.0388 e. The van der Waals surface area contributed by atoms with Gasteiger partial charge in [0.05, 0.1) is 0 Å². The molecular weight excluding hydrogens is 240 g/mol. The molecule has 3 heteroatoms. The van der Waals surface area contributed by atoms with Crippen LogP contribution in [0.5, 0.6) is 0 Å². The zero-order chi connectivity index (χ0) is 12.4. The molecule has 0 spiro atoms. The number of hydrogen-bond donors (Lipinski definition) is 2. The Balaban J connectivity index is 1.73. The van der Waals surface area contributed by atoms with Crippen molar-refractivity contribution in [1.29, 1.82) is 0 Å².